The first-order chi connectivity index (χ1) is 14.4. The second kappa shape index (κ2) is 9.37. The van der Waals surface area contributed by atoms with Gasteiger partial charge >= 0.3 is 5.97 Å². The molecule has 0 spiro atoms. The van der Waals surface area contributed by atoms with Crippen molar-refractivity contribution in [2.24, 2.45) is 4.99 Å². The third-order valence-corrected chi connectivity index (χ3v) is 4.16. The van der Waals surface area contributed by atoms with Gasteiger partial charge in [0.2, 0.25) is 5.90 Å². The van der Waals surface area contributed by atoms with Crippen molar-refractivity contribution >= 4 is 29.5 Å². The fourth-order valence-electron chi connectivity index (χ4n) is 2.51. The van der Waals surface area contributed by atoms with Gasteiger partial charge in [-0.05, 0) is 35.9 Å². The average Bonchev–Trinajstić information content (AvgIpc) is 3.08. The van der Waals surface area contributed by atoms with Crippen LogP contribution >= 0.6 is 11.6 Å². The summed E-state index contributed by atoms with van der Waals surface area (Å²) in [5.41, 5.74) is 0.504. The van der Waals surface area contributed by atoms with Crippen LogP contribution in [0.5, 0.6) is 11.5 Å². The van der Waals surface area contributed by atoms with Crippen LogP contribution < -0.4 is 9.47 Å². The van der Waals surface area contributed by atoms with Gasteiger partial charge in [-0.2, -0.15) is 0 Å². The molecule has 0 saturated heterocycles. The van der Waals surface area contributed by atoms with E-state index in [1.165, 1.54) is 6.08 Å². The Morgan fingerprint density at radius 2 is 1.70 bits per heavy atom. The molecule has 0 aromatic heterocycles. The SMILES string of the molecule is C=CCOc1ccc(C=C2N=C(c3cc(F)c(F)cc3Cl)OC2=O)cc1OCC=C. The lowest BCUT2D eigenvalue weighted by atomic mass is 10.1. The molecule has 154 valence electrons. The number of aliphatic imine (C=N–C) groups is 1. The number of carbonyl (C=O) groups is 1. The number of rotatable bonds is 8. The Balaban J connectivity index is 1.94. The van der Waals surface area contributed by atoms with Gasteiger partial charge in [-0.15, -0.1) is 0 Å². The summed E-state index contributed by atoms with van der Waals surface area (Å²) in [5.74, 6) is -2.30. The van der Waals surface area contributed by atoms with E-state index in [1.807, 2.05) is 0 Å². The molecule has 0 amide bonds. The van der Waals surface area contributed by atoms with Gasteiger partial charge in [0.15, 0.2) is 28.8 Å². The lowest BCUT2D eigenvalue weighted by molar-refractivity contribution is -0.129. The van der Waals surface area contributed by atoms with Gasteiger partial charge in [0.25, 0.3) is 0 Å². The number of benzene rings is 2. The lowest BCUT2D eigenvalue weighted by Crippen LogP contribution is -2.07. The van der Waals surface area contributed by atoms with Crippen LogP contribution in [0, 0.1) is 11.6 Å². The van der Waals surface area contributed by atoms with Crippen molar-refractivity contribution in [2.75, 3.05) is 13.2 Å². The van der Waals surface area contributed by atoms with Gasteiger partial charge in [-0.3, -0.25) is 0 Å². The molecule has 0 N–H and O–H groups in total. The molecule has 0 saturated carbocycles. The molecule has 3 rings (SSSR count). The number of carbonyl (C=O) groups excluding carboxylic acids is 1. The molecular weight excluding hydrogens is 416 g/mol. The highest BCUT2D eigenvalue weighted by molar-refractivity contribution is 6.34. The topological polar surface area (TPSA) is 57.1 Å². The Morgan fingerprint density at radius 1 is 1.03 bits per heavy atom. The molecule has 1 heterocycles. The van der Waals surface area contributed by atoms with E-state index in [4.69, 9.17) is 25.8 Å². The third kappa shape index (κ3) is 4.75. The Labute approximate surface area is 176 Å². The second-order valence-corrected chi connectivity index (χ2v) is 6.39. The quantitative estimate of drug-likeness (QED) is 0.253. The minimum absolute atomic E-state index is 0.0319. The summed E-state index contributed by atoms with van der Waals surface area (Å²) >= 11 is 5.92. The number of esters is 1. The van der Waals surface area contributed by atoms with E-state index in [0.29, 0.717) is 23.7 Å². The van der Waals surface area contributed by atoms with Crippen LogP contribution in [0.4, 0.5) is 8.78 Å². The average molecular weight is 432 g/mol. The van der Waals surface area contributed by atoms with Crippen LogP contribution in [0.15, 0.2) is 66.3 Å². The van der Waals surface area contributed by atoms with Crippen LogP contribution in [-0.2, 0) is 9.53 Å². The summed E-state index contributed by atoms with van der Waals surface area (Å²) < 4.78 is 43.0. The van der Waals surface area contributed by atoms with Crippen molar-refractivity contribution < 1.29 is 27.8 Å². The zero-order chi connectivity index (χ0) is 21.7. The predicted octanol–water partition coefficient (Wildman–Crippen LogP) is 5.09. The number of hydrogen-bond donors (Lipinski definition) is 0. The summed E-state index contributed by atoms with van der Waals surface area (Å²) in [7, 11) is 0. The maximum absolute atomic E-state index is 13.5. The van der Waals surface area contributed by atoms with Crippen molar-refractivity contribution in [3.8, 4) is 11.5 Å². The van der Waals surface area contributed by atoms with Crippen LogP contribution in [0.1, 0.15) is 11.1 Å². The van der Waals surface area contributed by atoms with Gasteiger partial charge in [0.1, 0.15) is 13.2 Å². The molecule has 1 aliphatic heterocycles. The van der Waals surface area contributed by atoms with Gasteiger partial charge in [-0.25, -0.2) is 18.6 Å². The van der Waals surface area contributed by atoms with Crippen LogP contribution in [-0.4, -0.2) is 25.1 Å². The maximum Gasteiger partial charge on any atom is 0.363 e. The highest BCUT2D eigenvalue weighted by atomic mass is 35.5. The molecule has 1 aliphatic rings. The second-order valence-electron chi connectivity index (χ2n) is 5.99. The summed E-state index contributed by atoms with van der Waals surface area (Å²) in [4.78, 5) is 16.3. The zero-order valence-electron chi connectivity index (χ0n) is 15.7. The summed E-state index contributed by atoms with van der Waals surface area (Å²) in [6, 6.07) is 6.62. The third-order valence-electron chi connectivity index (χ3n) is 3.85. The molecule has 5 nitrogen and oxygen atoms in total. The molecule has 2 aromatic carbocycles. The number of nitrogens with zero attached hydrogens (tertiary/aromatic N) is 1. The molecule has 0 radical (unpaired) electrons. The van der Waals surface area contributed by atoms with E-state index in [2.05, 4.69) is 18.2 Å². The van der Waals surface area contributed by atoms with Gasteiger partial charge in [0, 0.05) is 0 Å². The van der Waals surface area contributed by atoms with Crippen molar-refractivity contribution in [2.45, 2.75) is 0 Å². The summed E-state index contributed by atoms with van der Waals surface area (Å²) in [6.45, 7) is 7.75. The van der Waals surface area contributed by atoms with Crippen LogP contribution in [0.25, 0.3) is 6.08 Å². The number of hydrogen-bond acceptors (Lipinski definition) is 5. The molecule has 8 heteroatoms. The minimum Gasteiger partial charge on any atom is -0.486 e. The van der Waals surface area contributed by atoms with Crippen LogP contribution in [0.3, 0.4) is 0 Å². The predicted molar refractivity (Wildman–Crippen MR) is 110 cm³/mol. The van der Waals surface area contributed by atoms with E-state index in [-0.39, 0.29) is 28.8 Å². The number of cyclic esters (lactones) is 1. The zero-order valence-corrected chi connectivity index (χ0v) is 16.4. The van der Waals surface area contributed by atoms with E-state index in [1.54, 1.807) is 30.4 Å². The molecule has 0 fully saturated rings. The van der Waals surface area contributed by atoms with Crippen molar-refractivity contribution in [3.05, 3.63) is 89.1 Å². The molecular formula is C22H16ClF2NO4. The van der Waals surface area contributed by atoms with E-state index in [9.17, 15) is 13.6 Å². The normalized spacial score (nSPS) is 14.3. The van der Waals surface area contributed by atoms with Gasteiger partial charge in [-0.1, -0.05) is 43.0 Å². The van der Waals surface area contributed by atoms with Crippen molar-refractivity contribution in [3.63, 3.8) is 0 Å². The van der Waals surface area contributed by atoms with Crippen molar-refractivity contribution in [1.82, 2.24) is 0 Å². The van der Waals surface area contributed by atoms with E-state index < -0.39 is 17.6 Å². The maximum atomic E-state index is 13.5. The monoisotopic (exact) mass is 431 g/mol. The largest absolute Gasteiger partial charge is 0.486 e. The van der Waals surface area contributed by atoms with Crippen LogP contribution in [0.2, 0.25) is 5.02 Å². The first kappa shape index (κ1) is 21.3. The highest BCUT2D eigenvalue weighted by Crippen LogP contribution is 2.31. The molecule has 30 heavy (non-hydrogen) atoms. The Bertz CT molecular complexity index is 1080. The molecule has 0 unspecified atom stereocenters. The van der Waals surface area contributed by atoms with Gasteiger partial charge < -0.3 is 14.2 Å². The van der Waals surface area contributed by atoms with E-state index in [0.717, 1.165) is 12.1 Å². The minimum atomic E-state index is -1.13. The smallest absolute Gasteiger partial charge is 0.363 e. The standard InChI is InChI=1S/C22H16ClF2NO4/c1-3-7-28-19-6-5-13(10-20(19)29-8-4-2)9-18-22(27)30-21(26-18)14-11-16(24)17(25)12-15(14)23/h3-6,9-12H,1-2,7-8H2. The fourth-order valence-corrected chi connectivity index (χ4v) is 2.74. The fraction of sp³-hybridized carbons (Fsp3) is 0.0909. The van der Waals surface area contributed by atoms with Gasteiger partial charge in [0.05, 0.1) is 10.6 Å². The highest BCUT2D eigenvalue weighted by Gasteiger charge is 2.27. The Kier molecular flexibility index (Phi) is 6.64. The molecule has 0 bridgehead atoms. The first-order valence-electron chi connectivity index (χ1n) is 8.72. The van der Waals surface area contributed by atoms with E-state index >= 15 is 0 Å². The number of halogens is 3. The first-order valence-corrected chi connectivity index (χ1v) is 9.09. The molecule has 0 atom stereocenters. The lowest BCUT2D eigenvalue weighted by Gasteiger charge is -2.11. The molecule has 0 aliphatic carbocycles. The number of ether oxygens (including phenoxy) is 3. The Morgan fingerprint density at radius 3 is 2.40 bits per heavy atom. The van der Waals surface area contributed by atoms with Crippen molar-refractivity contribution in [1.29, 1.82) is 0 Å². The summed E-state index contributed by atoms with van der Waals surface area (Å²) in [5, 5.41) is -0.134. The Hall–Kier alpha value is -3.45. The summed E-state index contributed by atoms with van der Waals surface area (Å²) in [6.07, 6.45) is 4.64. The molecule has 2 aromatic rings.